The van der Waals surface area contributed by atoms with E-state index in [2.05, 4.69) is 105 Å². The smallest absolute Gasteiger partial charge is 0.509 e. The summed E-state index contributed by atoms with van der Waals surface area (Å²) in [6.07, 6.45) is 9.14. The zero-order chi connectivity index (χ0) is 37.8. The Kier molecular flexibility index (Phi) is 9.72. The SMILES string of the molecule is Cc1ccnc(-n2c3[c-]c(Oc4[c-]c(-n5nc(-c6ccncc6)c(-c6c(C)c(C)c(C)c(C)c6C)c5-c5ccncc5)ccc4)ccc3c3ccccc32)c1.[Pd+2]. The first-order valence-electron chi connectivity index (χ1n) is 18.4. The number of fused-ring (bicyclic) bond motifs is 3. The minimum Gasteiger partial charge on any atom is -0.509 e. The quantitative estimate of drug-likeness (QED) is 0.118. The van der Waals surface area contributed by atoms with Crippen LogP contribution in [0.15, 0.2) is 122 Å². The van der Waals surface area contributed by atoms with E-state index in [1.54, 1.807) is 0 Å². The van der Waals surface area contributed by atoms with Gasteiger partial charge >= 0.3 is 20.4 Å². The van der Waals surface area contributed by atoms with E-state index in [1.165, 1.54) is 33.4 Å². The number of para-hydroxylation sites is 1. The van der Waals surface area contributed by atoms with Crippen molar-refractivity contribution in [3.05, 3.63) is 167 Å². The van der Waals surface area contributed by atoms with Crippen LogP contribution < -0.4 is 4.74 Å². The summed E-state index contributed by atoms with van der Waals surface area (Å²) < 4.78 is 10.7. The second-order valence-electron chi connectivity index (χ2n) is 14.1. The van der Waals surface area contributed by atoms with Gasteiger partial charge in [-0.3, -0.25) is 14.6 Å². The van der Waals surface area contributed by atoms with Crippen LogP contribution in [-0.4, -0.2) is 29.3 Å². The van der Waals surface area contributed by atoms with Crippen molar-refractivity contribution >= 4 is 21.8 Å². The first kappa shape index (κ1) is 36.8. The van der Waals surface area contributed by atoms with E-state index in [-0.39, 0.29) is 20.4 Å². The molecule has 4 aromatic carbocycles. The number of hydrogen-bond acceptors (Lipinski definition) is 5. The molecule has 0 saturated heterocycles. The van der Waals surface area contributed by atoms with Crippen molar-refractivity contribution in [2.75, 3.05) is 0 Å². The Hall–Kier alpha value is -6.20. The molecule has 5 aromatic heterocycles. The van der Waals surface area contributed by atoms with Crippen molar-refractivity contribution < 1.29 is 25.2 Å². The first-order valence-corrected chi connectivity index (χ1v) is 18.4. The first-order chi connectivity index (χ1) is 26.8. The third kappa shape index (κ3) is 6.21. The minimum atomic E-state index is 0. The van der Waals surface area contributed by atoms with Gasteiger partial charge in [0, 0.05) is 64.7 Å². The van der Waals surface area contributed by atoms with Crippen LogP contribution in [0.2, 0.25) is 0 Å². The van der Waals surface area contributed by atoms with Gasteiger partial charge in [-0.2, -0.15) is 17.2 Å². The predicted octanol–water partition coefficient (Wildman–Crippen LogP) is 11.4. The van der Waals surface area contributed by atoms with Gasteiger partial charge in [0.25, 0.3) is 0 Å². The summed E-state index contributed by atoms with van der Waals surface area (Å²) in [6.45, 7) is 13.1. The molecule has 5 heterocycles. The number of benzene rings is 4. The molecule has 0 fully saturated rings. The van der Waals surface area contributed by atoms with Gasteiger partial charge in [0.15, 0.2) is 0 Å². The van der Waals surface area contributed by atoms with Crippen LogP contribution >= 0.6 is 0 Å². The van der Waals surface area contributed by atoms with E-state index in [9.17, 15) is 0 Å². The van der Waals surface area contributed by atoms with E-state index in [0.29, 0.717) is 11.5 Å². The monoisotopic (exact) mass is 820 g/mol. The molecule has 9 aromatic rings. The Bertz CT molecular complexity index is 2880. The molecule has 0 radical (unpaired) electrons. The fraction of sp³-hybridized carbons (Fsp3) is 0.125. The maximum absolute atomic E-state index is 6.59. The summed E-state index contributed by atoms with van der Waals surface area (Å²) in [7, 11) is 0. The van der Waals surface area contributed by atoms with Crippen molar-refractivity contribution in [3.8, 4) is 56.6 Å². The largest absolute Gasteiger partial charge is 2.00 e. The van der Waals surface area contributed by atoms with E-state index >= 15 is 0 Å². The average Bonchev–Trinajstić information content (AvgIpc) is 3.77. The summed E-state index contributed by atoms with van der Waals surface area (Å²) in [4.78, 5) is 13.4. The molecule has 8 heteroatoms. The van der Waals surface area contributed by atoms with Crippen molar-refractivity contribution in [3.63, 3.8) is 0 Å². The molecule has 0 aliphatic rings. The van der Waals surface area contributed by atoms with E-state index in [0.717, 1.165) is 67.0 Å². The standard InChI is InChI=1S/C48H38N6O.Pd/c1-29-16-25-51-44(26-29)53-42-13-8-7-12-40(42)41-15-14-39(28-43(41)53)55-38-11-9-10-37(27-38)54-48(36-19-23-50-24-20-36)46(47(52-54)35-17-21-49-22-18-35)45-33(5)31(3)30(2)32(4)34(45)6;/h7-26H,1-6H3;/q-2;+2. The average molecular weight is 821 g/mol. The maximum atomic E-state index is 6.59. The molecule has 7 nitrogen and oxygen atoms in total. The molecule has 0 unspecified atom stereocenters. The van der Waals surface area contributed by atoms with Crippen LogP contribution in [0.1, 0.15) is 33.4 Å². The molecule has 0 amide bonds. The van der Waals surface area contributed by atoms with Crippen molar-refractivity contribution in [2.24, 2.45) is 0 Å². The number of pyridine rings is 3. The number of ether oxygens (including phenoxy) is 1. The number of nitrogens with zero attached hydrogens (tertiary/aromatic N) is 6. The van der Waals surface area contributed by atoms with Crippen LogP contribution in [0.4, 0.5) is 0 Å². The van der Waals surface area contributed by atoms with E-state index in [1.807, 2.05) is 90.3 Å². The molecule has 0 N–H and O–H groups in total. The zero-order valence-electron chi connectivity index (χ0n) is 32.0. The Labute approximate surface area is 340 Å². The summed E-state index contributed by atoms with van der Waals surface area (Å²) in [5.41, 5.74) is 16.1. The van der Waals surface area contributed by atoms with Gasteiger partial charge in [-0.25, -0.2) is 4.98 Å². The molecule has 0 saturated carbocycles. The molecular weight excluding hydrogens is 783 g/mol. The normalized spacial score (nSPS) is 11.2. The fourth-order valence-corrected chi connectivity index (χ4v) is 7.74. The Morgan fingerprint density at radius 2 is 1.23 bits per heavy atom. The fourth-order valence-electron chi connectivity index (χ4n) is 7.74. The van der Waals surface area contributed by atoms with Crippen molar-refractivity contribution in [1.82, 2.24) is 29.3 Å². The minimum absolute atomic E-state index is 0. The molecular formula is C48H38N6OPd. The third-order valence-electron chi connectivity index (χ3n) is 10.9. The summed E-state index contributed by atoms with van der Waals surface area (Å²) in [5.74, 6) is 1.95. The van der Waals surface area contributed by atoms with Gasteiger partial charge in [0.05, 0.1) is 5.69 Å². The molecule has 276 valence electrons. The topological polar surface area (TPSA) is 70.7 Å². The van der Waals surface area contributed by atoms with Gasteiger partial charge in [-0.05, 0) is 134 Å². The second-order valence-corrected chi connectivity index (χ2v) is 14.1. The molecule has 0 spiro atoms. The van der Waals surface area contributed by atoms with Crippen LogP contribution in [-0.2, 0) is 20.4 Å². The van der Waals surface area contributed by atoms with Crippen LogP contribution in [0.25, 0.3) is 67.0 Å². The Balaban J connectivity index is 0.00000441. The molecule has 0 aliphatic carbocycles. The number of rotatable bonds is 7. The third-order valence-corrected chi connectivity index (χ3v) is 10.9. The summed E-state index contributed by atoms with van der Waals surface area (Å²) in [5, 5.41) is 7.60. The van der Waals surface area contributed by atoms with E-state index < -0.39 is 0 Å². The van der Waals surface area contributed by atoms with Gasteiger partial charge < -0.3 is 9.30 Å². The summed E-state index contributed by atoms with van der Waals surface area (Å²) in [6, 6.07) is 37.7. The summed E-state index contributed by atoms with van der Waals surface area (Å²) >= 11 is 0. The molecule has 0 atom stereocenters. The van der Waals surface area contributed by atoms with E-state index in [4.69, 9.17) is 14.8 Å². The van der Waals surface area contributed by atoms with Gasteiger partial charge in [0.2, 0.25) is 0 Å². The maximum Gasteiger partial charge on any atom is 2.00 e. The van der Waals surface area contributed by atoms with Crippen LogP contribution in [0.3, 0.4) is 0 Å². The van der Waals surface area contributed by atoms with Crippen molar-refractivity contribution in [1.29, 1.82) is 0 Å². The number of hydrogen-bond donors (Lipinski definition) is 0. The molecule has 56 heavy (non-hydrogen) atoms. The van der Waals surface area contributed by atoms with Gasteiger partial charge in [-0.15, -0.1) is 35.7 Å². The number of aromatic nitrogens is 6. The Morgan fingerprint density at radius 1 is 0.571 bits per heavy atom. The molecule has 0 aliphatic heterocycles. The second kappa shape index (κ2) is 14.8. The van der Waals surface area contributed by atoms with Crippen molar-refractivity contribution in [2.45, 2.75) is 41.5 Å². The van der Waals surface area contributed by atoms with Crippen LogP contribution in [0, 0.1) is 53.7 Å². The molecule has 9 rings (SSSR count). The van der Waals surface area contributed by atoms with Gasteiger partial charge in [-0.1, -0.05) is 23.7 Å². The zero-order valence-corrected chi connectivity index (χ0v) is 33.5. The predicted molar refractivity (Wildman–Crippen MR) is 220 cm³/mol. The van der Waals surface area contributed by atoms with Gasteiger partial charge in [0.1, 0.15) is 11.5 Å². The van der Waals surface area contributed by atoms with Crippen LogP contribution in [0.5, 0.6) is 11.5 Å². The molecule has 0 bridgehead atoms. The Morgan fingerprint density at radius 3 is 1.95 bits per heavy atom. The number of aryl methyl sites for hydroxylation is 1.